The van der Waals surface area contributed by atoms with Crippen molar-refractivity contribution in [2.45, 2.75) is 32.7 Å². The molecule has 0 fully saturated rings. The number of hydrogen-bond donors (Lipinski definition) is 1. The fourth-order valence-corrected chi connectivity index (χ4v) is 2.67. The van der Waals surface area contributed by atoms with E-state index >= 15 is 0 Å². The van der Waals surface area contributed by atoms with E-state index in [2.05, 4.69) is 27.4 Å². The van der Waals surface area contributed by atoms with Crippen LogP contribution in [-0.2, 0) is 0 Å². The number of carbonyl (C=O) groups excluding carboxylic acids is 1. The molecule has 1 atom stereocenters. The molecule has 0 spiro atoms. The second-order valence-corrected chi connectivity index (χ2v) is 5.62. The highest BCUT2D eigenvalue weighted by Gasteiger charge is 2.20. The van der Waals surface area contributed by atoms with Crippen LogP contribution in [0.5, 0.6) is 5.88 Å². The van der Waals surface area contributed by atoms with Gasteiger partial charge in [-0.3, -0.25) is 9.20 Å². The third-order valence-electron chi connectivity index (χ3n) is 3.82. The zero-order chi connectivity index (χ0) is 17.6. The average Bonchev–Trinajstić information content (AvgIpc) is 3.06. The average molecular weight is 339 g/mol. The number of nitrogens with one attached hydrogen (secondary N) is 1. The van der Waals surface area contributed by atoms with Gasteiger partial charge in [-0.25, -0.2) is 4.98 Å². The first-order valence-corrected chi connectivity index (χ1v) is 8.42. The van der Waals surface area contributed by atoms with Gasteiger partial charge in [-0.15, -0.1) is 10.2 Å². The number of carbonyl (C=O) groups is 1. The second-order valence-electron chi connectivity index (χ2n) is 5.62. The topological polar surface area (TPSA) is 81.4 Å². The molecule has 0 aliphatic rings. The number of fused-ring (bicyclic) bond motifs is 1. The highest BCUT2D eigenvalue weighted by Crippen LogP contribution is 2.19. The molecule has 0 aliphatic heterocycles. The number of hydrogen-bond acceptors (Lipinski definition) is 5. The molecule has 0 aliphatic carbocycles. The highest BCUT2D eigenvalue weighted by molar-refractivity contribution is 5.94. The summed E-state index contributed by atoms with van der Waals surface area (Å²) in [7, 11) is 0. The number of rotatable bonds is 7. The van der Waals surface area contributed by atoms with E-state index in [0.29, 0.717) is 18.1 Å². The van der Waals surface area contributed by atoms with E-state index in [1.165, 1.54) is 0 Å². The molecule has 1 amide bonds. The lowest BCUT2D eigenvalue weighted by Crippen LogP contribution is -2.30. The molecule has 7 heteroatoms. The Bertz CT molecular complexity index is 861. The Morgan fingerprint density at radius 3 is 2.96 bits per heavy atom. The third kappa shape index (κ3) is 3.76. The molecule has 0 aromatic carbocycles. The number of ether oxygens (including phenoxy) is 1. The first-order valence-electron chi connectivity index (χ1n) is 8.42. The van der Waals surface area contributed by atoms with E-state index < -0.39 is 0 Å². The van der Waals surface area contributed by atoms with Crippen LogP contribution in [0.15, 0.2) is 42.7 Å². The molecule has 7 nitrogen and oxygen atoms in total. The summed E-state index contributed by atoms with van der Waals surface area (Å²) in [6.45, 7) is 4.45. The van der Waals surface area contributed by atoms with Crippen molar-refractivity contribution in [2.75, 3.05) is 6.61 Å². The van der Waals surface area contributed by atoms with Crippen molar-refractivity contribution >= 4 is 11.6 Å². The molecule has 0 bridgehead atoms. The molecule has 130 valence electrons. The number of nitrogens with zero attached hydrogens (tertiary/aromatic N) is 4. The van der Waals surface area contributed by atoms with Gasteiger partial charge >= 0.3 is 0 Å². The smallest absolute Gasteiger partial charge is 0.252 e. The largest absolute Gasteiger partial charge is 0.478 e. The van der Waals surface area contributed by atoms with Crippen molar-refractivity contribution in [1.29, 1.82) is 0 Å². The first-order chi connectivity index (χ1) is 12.2. The quantitative estimate of drug-likeness (QED) is 0.716. The SMILES string of the molecule is CCC[C@@H](NC(=O)c1ccnc(OCC)c1)c1nnc2ccccn12. The van der Waals surface area contributed by atoms with Crippen molar-refractivity contribution in [3.63, 3.8) is 0 Å². The Kier molecular flexibility index (Phi) is 5.23. The molecule has 1 N–H and O–H groups in total. The molecule has 3 aromatic rings. The van der Waals surface area contributed by atoms with Gasteiger partial charge in [0.05, 0.1) is 12.6 Å². The first kappa shape index (κ1) is 16.9. The Morgan fingerprint density at radius 1 is 1.28 bits per heavy atom. The van der Waals surface area contributed by atoms with Crippen LogP contribution in [0.2, 0.25) is 0 Å². The summed E-state index contributed by atoms with van der Waals surface area (Å²) in [4.78, 5) is 16.8. The number of aromatic nitrogens is 4. The predicted octanol–water partition coefficient (Wildman–Crippen LogP) is 2.79. The van der Waals surface area contributed by atoms with Gasteiger partial charge in [-0.05, 0) is 31.5 Å². The summed E-state index contributed by atoms with van der Waals surface area (Å²) in [5.41, 5.74) is 1.27. The van der Waals surface area contributed by atoms with Crippen LogP contribution in [0.4, 0.5) is 0 Å². The van der Waals surface area contributed by atoms with Gasteiger partial charge in [0.25, 0.3) is 5.91 Å². The molecular formula is C18H21N5O2. The minimum absolute atomic E-state index is 0.186. The molecular weight excluding hydrogens is 318 g/mol. The van der Waals surface area contributed by atoms with Crippen LogP contribution in [0, 0.1) is 0 Å². The molecule has 0 saturated carbocycles. The van der Waals surface area contributed by atoms with Crippen LogP contribution in [0.25, 0.3) is 5.65 Å². The minimum atomic E-state index is -0.224. The van der Waals surface area contributed by atoms with E-state index in [-0.39, 0.29) is 11.9 Å². The third-order valence-corrected chi connectivity index (χ3v) is 3.82. The van der Waals surface area contributed by atoms with Crippen molar-refractivity contribution in [3.8, 4) is 5.88 Å². The molecule has 3 heterocycles. The lowest BCUT2D eigenvalue weighted by atomic mass is 10.1. The van der Waals surface area contributed by atoms with Crippen LogP contribution >= 0.6 is 0 Å². The lowest BCUT2D eigenvalue weighted by Gasteiger charge is -2.17. The van der Waals surface area contributed by atoms with Crippen LogP contribution in [0.3, 0.4) is 0 Å². The second kappa shape index (κ2) is 7.74. The molecule has 25 heavy (non-hydrogen) atoms. The number of amides is 1. The van der Waals surface area contributed by atoms with E-state index in [0.717, 1.165) is 24.3 Å². The van der Waals surface area contributed by atoms with Crippen LogP contribution in [-0.4, -0.2) is 32.1 Å². The van der Waals surface area contributed by atoms with Gasteiger partial charge < -0.3 is 10.1 Å². The van der Waals surface area contributed by atoms with Crippen LogP contribution in [0.1, 0.15) is 48.9 Å². The van der Waals surface area contributed by atoms with Gasteiger partial charge in [0.2, 0.25) is 5.88 Å². The van der Waals surface area contributed by atoms with Crippen molar-refractivity contribution in [2.24, 2.45) is 0 Å². The lowest BCUT2D eigenvalue weighted by molar-refractivity contribution is 0.0931. The van der Waals surface area contributed by atoms with Crippen molar-refractivity contribution < 1.29 is 9.53 Å². The predicted molar refractivity (Wildman–Crippen MR) is 93.5 cm³/mol. The van der Waals surface area contributed by atoms with Gasteiger partial charge in [0, 0.05) is 24.0 Å². The van der Waals surface area contributed by atoms with Crippen molar-refractivity contribution in [3.05, 3.63) is 54.1 Å². The van der Waals surface area contributed by atoms with Gasteiger partial charge in [-0.1, -0.05) is 19.4 Å². The molecule has 0 saturated heterocycles. The fraction of sp³-hybridized carbons (Fsp3) is 0.333. The maximum absolute atomic E-state index is 12.7. The summed E-state index contributed by atoms with van der Waals surface area (Å²) >= 11 is 0. The summed E-state index contributed by atoms with van der Waals surface area (Å²) < 4.78 is 7.26. The summed E-state index contributed by atoms with van der Waals surface area (Å²) in [6.07, 6.45) is 5.15. The van der Waals surface area contributed by atoms with E-state index in [4.69, 9.17) is 4.74 Å². The normalized spacial score (nSPS) is 12.1. The monoisotopic (exact) mass is 339 g/mol. The maximum Gasteiger partial charge on any atom is 0.252 e. The summed E-state index contributed by atoms with van der Waals surface area (Å²) in [6, 6.07) is 8.80. The Morgan fingerprint density at radius 2 is 2.16 bits per heavy atom. The van der Waals surface area contributed by atoms with E-state index in [9.17, 15) is 4.79 Å². The van der Waals surface area contributed by atoms with Crippen LogP contribution < -0.4 is 10.1 Å². The summed E-state index contributed by atoms with van der Waals surface area (Å²) in [5, 5.41) is 11.5. The van der Waals surface area contributed by atoms with E-state index in [1.807, 2.05) is 35.7 Å². The Balaban J connectivity index is 1.84. The number of pyridine rings is 2. The van der Waals surface area contributed by atoms with Crippen molar-refractivity contribution in [1.82, 2.24) is 24.9 Å². The fourth-order valence-electron chi connectivity index (χ4n) is 2.67. The molecule has 0 radical (unpaired) electrons. The van der Waals surface area contributed by atoms with Gasteiger partial charge in [0.15, 0.2) is 11.5 Å². The zero-order valence-corrected chi connectivity index (χ0v) is 14.3. The molecule has 3 aromatic heterocycles. The zero-order valence-electron chi connectivity index (χ0n) is 14.3. The molecule has 0 unspecified atom stereocenters. The Hall–Kier alpha value is -2.96. The van der Waals surface area contributed by atoms with E-state index in [1.54, 1.807) is 18.3 Å². The van der Waals surface area contributed by atoms with Gasteiger partial charge in [-0.2, -0.15) is 0 Å². The van der Waals surface area contributed by atoms with Gasteiger partial charge in [0.1, 0.15) is 0 Å². The summed E-state index contributed by atoms with van der Waals surface area (Å²) in [5.74, 6) is 0.981. The minimum Gasteiger partial charge on any atom is -0.478 e. The standard InChI is InChI=1S/C18H21N5O2/c1-3-7-14(17-22-21-15-8-5-6-11-23(15)17)20-18(24)13-9-10-19-16(12-13)25-4-2/h5-6,8-12,14H,3-4,7H2,1-2H3,(H,20,24)/t14-/m1/s1. The maximum atomic E-state index is 12.7. The highest BCUT2D eigenvalue weighted by atomic mass is 16.5. The Labute approximate surface area is 146 Å². The molecule has 3 rings (SSSR count).